The van der Waals surface area contributed by atoms with Crippen molar-refractivity contribution in [1.29, 1.82) is 5.26 Å². The fourth-order valence-corrected chi connectivity index (χ4v) is 5.72. The maximum Gasteiger partial charge on any atom is 0.200 e. The summed E-state index contributed by atoms with van der Waals surface area (Å²) in [6, 6.07) is 11.3. The number of rotatable bonds is 12. The number of nitriles is 1. The van der Waals surface area contributed by atoms with Crippen LogP contribution < -0.4 is 16.0 Å². The van der Waals surface area contributed by atoms with Gasteiger partial charge in [0.2, 0.25) is 0 Å². The van der Waals surface area contributed by atoms with Crippen molar-refractivity contribution in [2.75, 3.05) is 37.0 Å². The Labute approximate surface area is 251 Å². The minimum atomic E-state index is -0.433. The maximum absolute atomic E-state index is 9.76. The molecule has 3 aromatic heterocycles. The lowest BCUT2D eigenvalue weighted by Crippen LogP contribution is -2.43. The molecule has 1 saturated heterocycles. The van der Waals surface area contributed by atoms with E-state index in [1.54, 1.807) is 13.2 Å². The molecular weight excluding hydrogens is 556 g/mol. The summed E-state index contributed by atoms with van der Waals surface area (Å²) in [6.45, 7) is 4.85. The molecule has 4 heterocycles. The van der Waals surface area contributed by atoms with E-state index in [2.05, 4.69) is 49.3 Å². The van der Waals surface area contributed by atoms with E-state index < -0.39 is 5.41 Å². The van der Waals surface area contributed by atoms with E-state index in [1.165, 1.54) is 4.80 Å². The molecule has 1 aliphatic carbocycles. The monoisotopic (exact) mass is 594 g/mol. The number of halogens is 1. The highest BCUT2D eigenvalue weighted by Crippen LogP contribution is 2.32. The van der Waals surface area contributed by atoms with Crippen LogP contribution in [0.4, 0.5) is 11.6 Å². The molecule has 12 nitrogen and oxygen atoms in total. The van der Waals surface area contributed by atoms with Crippen molar-refractivity contribution < 1.29 is 9.47 Å². The highest BCUT2D eigenvalue weighted by Gasteiger charge is 2.32. The molecule has 0 spiro atoms. The van der Waals surface area contributed by atoms with Gasteiger partial charge in [0.25, 0.3) is 0 Å². The Morgan fingerprint density at radius 3 is 2.71 bits per heavy atom. The van der Waals surface area contributed by atoms with Crippen molar-refractivity contribution in [3.05, 3.63) is 41.3 Å². The molecule has 1 atom stereocenters. The zero-order valence-corrected chi connectivity index (χ0v) is 25.0. The number of aryl methyl sites for hydroxylation is 1. The quantitative estimate of drug-likeness (QED) is 0.280. The van der Waals surface area contributed by atoms with Crippen molar-refractivity contribution in [1.82, 2.24) is 35.5 Å². The summed E-state index contributed by atoms with van der Waals surface area (Å²) in [5, 5.41) is 32.9. The predicted molar refractivity (Wildman–Crippen MR) is 160 cm³/mol. The molecule has 1 saturated carbocycles. The Balaban J connectivity index is 1.10. The fourth-order valence-electron chi connectivity index (χ4n) is 5.52. The zero-order chi connectivity index (χ0) is 29.4. The second-order valence-electron chi connectivity index (χ2n) is 11.3. The first-order chi connectivity index (χ1) is 20.4. The minimum Gasteiger partial charge on any atom is -0.381 e. The lowest BCUT2D eigenvalue weighted by Gasteiger charge is -2.32. The van der Waals surface area contributed by atoms with Crippen molar-refractivity contribution in [3.63, 3.8) is 0 Å². The Kier molecular flexibility index (Phi) is 10.2. The van der Waals surface area contributed by atoms with E-state index in [0.717, 1.165) is 55.6 Å². The summed E-state index contributed by atoms with van der Waals surface area (Å²) in [5.74, 6) is 2.09. The number of nitrogens with one attached hydrogen (secondary N) is 3. The van der Waals surface area contributed by atoms with E-state index in [1.807, 2.05) is 24.3 Å². The van der Waals surface area contributed by atoms with Gasteiger partial charge < -0.3 is 25.4 Å². The van der Waals surface area contributed by atoms with Crippen LogP contribution in [0, 0.1) is 16.7 Å². The summed E-state index contributed by atoms with van der Waals surface area (Å²) < 4.78 is 11.2. The zero-order valence-electron chi connectivity index (χ0n) is 24.2. The van der Waals surface area contributed by atoms with Crippen molar-refractivity contribution >= 4 is 23.2 Å². The molecule has 2 fully saturated rings. The molecule has 0 bridgehead atoms. The third-order valence-corrected chi connectivity index (χ3v) is 8.22. The molecule has 5 rings (SSSR count). The number of ether oxygens (including phenoxy) is 2. The molecule has 0 aromatic carbocycles. The van der Waals surface area contributed by atoms with Gasteiger partial charge in [-0.2, -0.15) is 10.1 Å². The van der Waals surface area contributed by atoms with Crippen LogP contribution in [0.15, 0.2) is 30.5 Å². The van der Waals surface area contributed by atoms with Gasteiger partial charge in [0.15, 0.2) is 5.82 Å². The molecule has 0 amide bonds. The molecule has 3 N–H and O–H groups in total. The smallest absolute Gasteiger partial charge is 0.200 e. The third-order valence-electron chi connectivity index (χ3n) is 7.92. The number of hydrogen-bond acceptors (Lipinski definition) is 11. The average Bonchev–Trinajstić information content (AvgIpc) is 3.43. The van der Waals surface area contributed by atoms with Gasteiger partial charge in [0.05, 0.1) is 35.9 Å². The second-order valence-corrected chi connectivity index (χ2v) is 11.7. The number of hydrogen-bond donors (Lipinski definition) is 3. The van der Waals surface area contributed by atoms with E-state index in [9.17, 15) is 5.26 Å². The van der Waals surface area contributed by atoms with E-state index in [0.29, 0.717) is 61.7 Å². The van der Waals surface area contributed by atoms with E-state index in [-0.39, 0.29) is 6.04 Å². The van der Waals surface area contributed by atoms with Gasteiger partial charge in [0, 0.05) is 49.6 Å². The standard InChI is InChI=1S/C29H39ClN10O2/c1-20(16-42-17-28-37-39-40(2)38-28)34-21-6-8-22(9-7-21)35-27-14-23(24(30)15-32-27)25-4-3-5-26(36-25)33-19-29(18-31)10-12-41-13-11-29/h3-5,14-15,20-22,34H,6-13,16-17,19H2,1-2H3,(H,32,35)(H,33,36)/t20-,21?,22?/m1/s1. The molecule has 3 aromatic rings. The number of aromatic nitrogens is 6. The van der Waals surface area contributed by atoms with Crippen LogP contribution in [0.2, 0.25) is 5.02 Å². The topological polar surface area (TPSA) is 148 Å². The lowest BCUT2D eigenvalue weighted by atomic mass is 9.82. The van der Waals surface area contributed by atoms with Gasteiger partial charge in [-0.3, -0.25) is 0 Å². The Hall–Kier alpha value is -3.37. The van der Waals surface area contributed by atoms with Crippen LogP contribution in [0.1, 0.15) is 51.3 Å². The molecule has 0 radical (unpaired) electrons. The van der Waals surface area contributed by atoms with Crippen molar-refractivity contribution in [3.8, 4) is 17.3 Å². The molecule has 42 heavy (non-hydrogen) atoms. The number of pyridine rings is 2. The molecule has 1 aliphatic heterocycles. The van der Waals surface area contributed by atoms with Gasteiger partial charge in [-0.05, 0) is 68.9 Å². The van der Waals surface area contributed by atoms with Crippen molar-refractivity contribution in [2.24, 2.45) is 12.5 Å². The van der Waals surface area contributed by atoms with Gasteiger partial charge in [0.1, 0.15) is 18.2 Å². The molecule has 0 unspecified atom stereocenters. The number of anilines is 2. The van der Waals surface area contributed by atoms with Gasteiger partial charge in [-0.1, -0.05) is 17.7 Å². The van der Waals surface area contributed by atoms with Crippen LogP contribution in [-0.2, 0) is 23.1 Å². The van der Waals surface area contributed by atoms with Crippen LogP contribution >= 0.6 is 11.6 Å². The van der Waals surface area contributed by atoms with Crippen LogP contribution in [0.5, 0.6) is 0 Å². The first-order valence-corrected chi connectivity index (χ1v) is 15.0. The lowest BCUT2D eigenvalue weighted by molar-refractivity contribution is 0.0455. The Morgan fingerprint density at radius 2 is 1.98 bits per heavy atom. The molecular formula is C29H39ClN10O2. The summed E-state index contributed by atoms with van der Waals surface area (Å²) in [5.41, 5.74) is 1.14. The normalized spacial score (nSPS) is 20.9. The average molecular weight is 595 g/mol. The predicted octanol–water partition coefficient (Wildman–Crippen LogP) is 3.97. The summed E-state index contributed by atoms with van der Waals surface area (Å²) in [7, 11) is 1.74. The van der Waals surface area contributed by atoms with Crippen LogP contribution in [-0.4, -0.2) is 74.7 Å². The largest absolute Gasteiger partial charge is 0.381 e. The van der Waals surface area contributed by atoms with E-state index in [4.69, 9.17) is 26.1 Å². The van der Waals surface area contributed by atoms with Crippen LogP contribution in [0.25, 0.3) is 11.3 Å². The number of nitrogens with zero attached hydrogens (tertiary/aromatic N) is 7. The maximum atomic E-state index is 9.76. The van der Waals surface area contributed by atoms with E-state index >= 15 is 0 Å². The summed E-state index contributed by atoms with van der Waals surface area (Å²) in [6.07, 6.45) is 7.33. The highest BCUT2D eigenvalue weighted by atomic mass is 35.5. The first kappa shape index (κ1) is 30.1. The highest BCUT2D eigenvalue weighted by molar-refractivity contribution is 6.33. The molecule has 2 aliphatic rings. The first-order valence-electron chi connectivity index (χ1n) is 14.6. The molecule has 13 heteroatoms. The second kappa shape index (κ2) is 14.2. The summed E-state index contributed by atoms with van der Waals surface area (Å²) >= 11 is 6.57. The molecule has 224 valence electrons. The number of tetrazole rings is 1. The Morgan fingerprint density at radius 1 is 1.19 bits per heavy atom. The van der Waals surface area contributed by atoms with Gasteiger partial charge in [-0.25, -0.2) is 9.97 Å². The summed E-state index contributed by atoms with van der Waals surface area (Å²) in [4.78, 5) is 10.8. The van der Waals surface area contributed by atoms with Gasteiger partial charge >= 0.3 is 0 Å². The van der Waals surface area contributed by atoms with Crippen molar-refractivity contribution in [2.45, 2.75) is 70.2 Å². The SMILES string of the molecule is C[C@H](COCc1nnn(C)n1)NC1CCC(Nc2cc(-c3cccc(NCC4(C#N)CCOCC4)n3)c(Cl)cn2)CC1. The Bertz CT molecular complexity index is 1350. The van der Waals surface area contributed by atoms with Gasteiger partial charge in [-0.15, -0.1) is 10.2 Å². The van der Waals surface area contributed by atoms with Crippen LogP contribution in [0.3, 0.4) is 0 Å². The minimum absolute atomic E-state index is 0.233. The third kappa shape index (κ3) is 8.13. The fraction of sp³-hybridized carbons (Fsp3) is 0.586.